The molecule has 3 aromatic rings. The van der Waals surface area contributed by atoms with Crippen LogP contribution in [0, 0.1) is 5.82 Å². The number of carboxylic acids is 1. The second-order valence-corrected chi connectivity index (χ2v) is 8.36. The summed E-state index contributed by atoms with van der Waals surface area (Å²) in [5.74, 6) is -1.83. The van der Waals surface area contributed by atoms with Crippen LogP contribution in [0.4, 0.5) is 10.1 Å². The summed E-state index contributed by atoms with van der Waals surface area (Å²) in [6.07, 6.45) is 1.45. The molecule has 166 valence electrons. The van der Waals surface area contributed by atoms with Gasteiger partial charge >= 0.3 is 5.97 Å². The Hall–Kier alpha value is -3.89. The number of aromatic nitrogens is 1. The van der Waals surface area contributed by atoms with Gasteiger partial charge in [-0.2, -0.15) is 0 Å². The predicted octanol–water partition coefficient (Wildman–Crippen LogP) is 5.43. The molecule has 0 aliphatic heterocycles. The number of nitrogens with one attached hydrogen (secondary N) is 2. The van der Waals surface area contributed by atoms with Crippen LogP contribution in [0.5, 0.6) is 11.5 Å². The smallest absolute Gasteiger partial charge is 0.345 e. The molecular formula is C23H16FN3O4S2. The van der Waals surface area contributed by atoms with Gasteiger partial charge in [0.2, 0.25) is 5.91 Å². The minimum absolute atomic E-state index is 0.0474. The van der Waals surface area contributed by atoms with E-state index in [-0.39, 0.29) is 21.6 Å². The summed E-state index contributed by atoms with van der Waals surface area (Å²) in [5, 5.41) is 14.2. The van der Waals surface area contributed by atoms with Gasteiger partial charge in [0, 0.05) is 30.9 Å². The van der Waals surface area contributed by atoms with Crippen molar-refractivity contribution in [3.8, 4) is 22.6 Å². The molecule has 1 aromatic carbocycles. The Kier molecular flexibility index (Phi) is 6.29. The lowest BCUT2D eigenvalue weighted by atomic mass is 10.3. The number of thiophene rings is 1. The van der Waals surface area contributed by atoms with Gasteiger partial charge in [0.25, 0.3) is 0 Å². The third kappa shape index (κ3) is 5.48. The second-order valence-electron chi connectivity index (χ2n) is 6.90. The number of anilines is 1. The van der Waals surface area contributed by atoms with Gasteiger partial charge in [-0.3, -0.25) is 9.78 Å². The van der Waals surface area contributed by atoms with Crippen molar-refractivity contribution in [1.29, 1.82) is 0 Å². The van der Waals surface area contributed by atoms with Gasteiger partial charge < -0.3 is 20.5 Å². The molecule has 0 bridgehead atoms. The van der Waals surface area contributed by atoms with Gasteiger partial charge in [-0.1, -0.05) is 18.2 Å². The van der Waals surface area contributed by atoms with E-state index in [1.165, 1.54) is 54.6 Å². The summed E-state index contributed by atoms with van der Waals surface area (Å²) in [5.41, 5.74) is 3.64. The van der Waals surface area contributed by atoms with Crippen molar-refractivity contribution >= 4 is 56.4 Å². The predicted molar refractivity (Wildman–Crippen MR) is 129 cm³/mol. The molecule has 0 fully saturated rings. The number of thiocarbonyl (C=S) groups is 1. The highest BCUT2D eigenvalue weighted by Crippen LogP contribution is 2.36. The maximum Gasteiger partial charge on any atom is 0.345 e. The summed E-state index contributed by atoms with van der Waals surface area (Å²) < 4.78 is 20.5. The first-order valence-electron chi connectivity index (χ1n) is 9.58. The van der Waals surface area contributed by atoms with Crippen LogP contribution in [0.15, 0.2) is 60.8 Å². The zero-order chi connectivity index (χ0) is 23.5. The Morgan fingerprint density at radius 3 is 2.42 bits per heavy atom. The quantitative estimate of drug-likeness (QED) is 0.295. The number of pyridine rings is 1. The Balaban J connectivity index is 0.000000367. The normalized spacial score (nSPS) is 10.6. The van der Waals surface area contributed by atoms with Crippen LogP contribution in [0.1, 0.15) is 16.6 Å². The maximum absolute atomic E-state index is 14.4. The first kappa shape index (κ1) is 22.3. The molecule has 10 heteroatoms. The minimum Gasteiger partial charge on any atom is -0.477 e. The number of carbonyl (C=O) groups is 2. The topological polar surface area (TPSA) is 101 Å². The fraction of sp³-hybridized carbons (Fsp3) is 0.0435. The minimum atomic E-state index is -1.07. The zero-order valence-corrected chi connectivity index (χ0v) is 18.7. The third-order valence-corrected chi connectivity index (χ3v) is 5.73. The van der Waals surface area contributed by atoms with Crippen LogP contribution < -0.4 is 15.4 Å². The summed E-state index contributed by atoms with van der Waals surface area (Å²) in [6.45, 7) is 1.31. The van der Waals surface area contributed by atoms with Crippen molar-refractivity contribution in [2.75, 3.05) is 5.32 Å². The van der Waals surface area contributed by atoms with Crippen molar-refractivity contribution in [2.45, 2.75) is 6.92 Å². The number of halogens is 1. The molecule has 2 aliphatic rings. The Labute approximate surface area is 196 Å². The fourth-order valence-electron chi connectivity index (χ4n) is 2.88. The van der Waals surface area contributed by atoms with E-state index in [0.29, 0.717) is 21.7 Å². The molecule has 0 spiro atoms. The van der Waals surface area contributed by atoms with E-state index < -0.39 is 11.8 Å². The lowest BCUT2D eigenvalue weighted by Crippen LogP contribution is -2.32. The van der Waals surface area contributed by atoms with E-state index in [9.17, 15) is 14.0 Å². The SMILES string of the molecule is CC(=O)NC(=S)Nc1ccc(Oc2ccnc3cc(C(=O)O)sc23)c(F)c1.c1cc2cc-2c1. The van der Waals surface area contributed by atoms with Crippen LogP contribution in [0.2, 0.25) is 0 Å². The molecule has 2 heterocycles. The summed E-state index contributed by atoms with van der Waals surface area (Å²) in [6, 6.07) is 15.5. The van der Waals surface area contributed by atoms with Crippen molar-refractivity contribution < 1.29 is 23.8 Å². The average molecular weight is 482 g/mol. The van der Waals surface area contributed by atoms with E-state index in [0.717, 1.165) is 11.3 Å². The number of ether oxygens (including phenoxy) is 1. The van der Waals surface area contributed by atoms with Crippen molar-refractivity contribution in [3.05, 3.63) is 71.5 Å². The van der Waals surface area contributed by atoms with Crippen LogP contribution in [-0.4, -0.2) is 27.1 Å². The number of hydrogen-bond donors (Lipinski definition) is 3. The lowest BCUT2D eigenvalue weighted by molar-refractivity contribution is -0.117. The highest BCUT2D eigenvalue weighted by molar-refractivity contribution is 7.80. The van der Waals surface area contributed by atoms with Crippen LogP contribution in [0.25, 0.3) is 21.3 Å². The van der Waals surface area contributed by atoms with Gasteiger partial charge in [0.05, 0.1) is 10.2 Å². The molecule has 0 atom stereocenters. The van der Waals surface area contributed by atoms with Crippen molar-refractivity contribution in [1.82, 2.24) is 10.3 Å². The Morgan fingerprint density at radius 2 is 1.85 bits per heavy atom. The molecule has 3 N–H and O–H groups in total. The summed E-state index contributed by atoms with van der Waals surface area (Å²) >= 11 is 5.91. The number of benzene rings is 2. The zero-order valence-electron chi connectivity index (χ0n) is 17.1. The van der Waals surface area contributed by atoms with Gasteiger partial charge in [0.15, 0.2) is 16.7 Å². The van der Waals surface area contributed by atoms with Gasteiger partial charge in [-0.25, -0.2) is 9.18 Å². The van der Waals surface area contributed by atoms with Crippen LogP contribution in [0.3, 0.4) is 0 Å². The van der Waals surface area contributed by atoms with E-state index >= 15 is 0 Å². The molecule has 0 saturated heterocycles. The summed E-state index contributed by atoms with van der Waals surface area (Å²) in [7, 11) is 0. The first-order valence-corrected chi connectivity index (χ1v) is 10.8. The number of fused-ring (bicyclic) bond motifs is 2. The monoisotopic (exact) mass is 481 g/mol. The van der Waals surface area contributed by atoms with Gasteiger partial charge in [-0.05, 0) is 47.6 Å². The maximum atomic E-state index is 14.4. The molecule has 0 saturated carbocycles. The van der Waals surface area contributed by atoms with E-state index in [1.807, 2.05) is 0 Å². The average Bonchev–Trinajstić information content (AvgIpc) is 3.14. The largest absolute Gasteiger partial charge is 0.477 e. The molecule has 2 aliphatic carbocycles. The van der Waals surface area contributed by atoms with Crippen molar-refractivity contribution in [3.63, 3.8) is 0 Å². The molecule has 7 nitrogen and oxygen atoms in total. The first-order chi connectivity index (χ1) is 15.8. The Bertz CT molecular complexity index is 1390. The molecular weight excluding hydrogens is 465 g/mol. The molecule has 5 rings (SSSR count). The van der Waals surface area contributed by atoms with E-state index in [4.69, 9.17) is 22.1 Å². The molecule has 1 amide bonds. The molecule has 33 heavy (non-hydrogen) atoms. The standard InChI is InChI=1S/C17H12FN3O4S2.C6H4/c1-8(22)20-17(26)21-9-2-3-12(10(18)6-9)25-13-4-5-19-11-7-14(16(23)24)27-15(11)13;1-2-5-4-6(5)3-1/h2-7H,1H3,(H,23,24)(H2,20,21,22,26);1-4H. The molecule has 0 radical (unpaired) electrons. The number of rotatable bonds is 4. The molecule has 0 unspecified atom stereocenters. The van der Waals surface area contributed by atoms with E-state index in [2.05, 4.69) is 39.9 Å². The van der Waals surface area contributed by atoms with Crippen molar-refractivity contribution in [2.24, 2.45) is 0 Å². The molecule has 2 aromatic heterocycles. The number of carboxylic acid groups (broad SMARTS) is 1. The number of amides is 1. The third-order valence-electron chi connectivity index (χ3n) is 4.40. The fourth-order valence-corrected chi connectivity index (χ4v) is 4.04. The second kappa shape index (κ2) is 9.31. The Morgan fingerprint density at radius 1 is 1.09 bits per heavy atom. The van der Waals surface area contributed by atoms with E-state index in [1.54, 1.807) is 0 Å². The van der Waals surface area contributed by atoms with Crippen LogP contribution >= 0.6 is 23.6 Å². The number of carbonyl (C=O) groups excluding carboxylic acids is 1. The lowest BCUT2D eigenvalue weighted by Gasteiger charge is -2.11. The summed E-state index contributed by atoms with van der Waals surface area (Å²) in [4.78, 5) is 26.3. The van der Waals surface area contributed by atoms with Gasteiger partial charge in [-0.15, -0.1) is 11.3 Å². The van der Waals surface area contributed by atoms with Crippen LogP contribution in [-0.2, 0) is 4.79 Å². The number of nitrogens with zero attached hydrogens (tertiary/aromatic N) is 1. The highest BCUT2D eigenvalue weighted by Gasteiger charge is 2.15. The number of aromatic carboxylic acids is 1. The highest BCUT2D eigenvalue weighted by atomic mass is 32.1. The van der Waals surface area contributed by atoms with Gasteiger partial charge in [0.1, 0.15) is 10.6 Å². The number of hydrogen-bond acceptors (Lipinski definition) is 6.